The first-order chi connectivity index (χ1) is 8.93. The van der Waals surface area contributed by atoms with E-state index in [9.17, 15) is 0 Å². The average molecular weight is 243 g/mol. The summed E-state index contributed by atoms with van der Waals surface area (Å²) in [6.45, 7) is 1.76. The zero-order chi connectivity index (χ0) is 12.2. The molecule has 5 heteroatoms. The predicted molar refractivity (Wildman–Crippen MR) is 68.2 cm³/mol. The summed E-state index contributed by atoms with van der Waals surface area (Å²) in [5.74, 6) is 1.82. The highest BCUT2D eigenvalue weighted by Gasteiger charge is 2.20. The highest BCUT2D eigenvalue weighted by atomic mass is 15.5. The second kappa shape index (κ2) is 5.27. The van der Waals surface area contributed by atoms with Gasteiger partial charge in [-0.2, -0.15) is 4.68 Å². The van der Waals surface area contributed by atoms with Gasteiger partial charge < -0.3 is 5.32 Å². The van der Waals surface area contributed by atoms with Crippen LogP contribution in [0, 0.1) is 5.92 Å². The fourth-order valence-corrected chi connectivity index (χ4v) is 2.00. The van der Waals surface area contributed by atoms with Gasteiger partial charge >= 0.3 is 0 Å². The Morgan fingerprint density at radius 3 is 2.83 bits per heavy atom. The van der Waals surface area contributed by atoms with Crippen molar-refractivity contribution in [2.45, 2.75) is 25.8 Å². The first-order valence-corrected chi connectivity index (χ1v) is 6.47. The van der Waals surface area contributed by atoms with E-state index in [0.717, 1.165) is 24.0 Å². The standard InChI is InChI=1S/C13H17N5/c1-2-4-12(5-3-1)18-13(15-16-17-18)10-14-9-8-11-6-7-11/h1-5,11,14H,6-10H2. The fourth-order valence-electron chi connectivity index (χ4n) is 2.00. The summed E-state index contributed by atoms with van der Waals surface area (Å²) < 4.78 is 1.78. The Hall–Kier alpha value is -1.75. The van der Waals surface area contributed by atoms with Crippen LogP contribution in [-0.2, 0) is 6.54 Å². The van der Waals surface area contributed by atoms with Gasteiger partial charge in [0.25, 0.3) is 0 Å². The van der Waals surface area contributed by atoms with E-state index in [-0.39, 0.29) is 0 Å². The van der Waals surface area contributed by atoms with Crippen LogP contribution in [0.5, 0.6) is 0 Å². The SMILES string of the molecule is c1ccc(-n2nnnc2CNCCC2CC2)cc1. The fraction of sp³-hybridized carbons (Fsp3) is 0.462. The Labute approximate surface area is 106 Å². The Morgan fingerprint density at radius 1 is 1.22 bits per heavy atom. The summed E-state index contributed by atoms with van der Waals surface area (Å²) in [6, 6.07) is 9.97. The van der Waals surface area contributed by atoms with Gasteiger partial charge in [0.1, 0.15) is 0 Å². The summed E-state index contributed by atoms with van der Waals surface area (Å²) in [4.78, 5) is 0. The average Bonchev–Trinajstić information content (AvgIpc) is 3.12. The third-order valence-electron chi connectivity index (χ3n) is 3.24. The normalized spacial score (nSPS) is 14.9. The molecule has 0 saturated heterocycles. The number of para-hydroxylation sites is 1. The van der Waals surface area contributed by atoms with Crippen LogP contribution in [0.25, 0.3) is 5.69 Å². The summed E-state index contributed by atoms with van der Waals surface area (Å²) >= 11 is 0. The van der Waals surface area contributed by atoms with Crippen LogP contribution in [0.2, 0.25) is 0 Å². The molecule has 1 saturated carbocycles. The molecule has 3 rings (SSSR count). The molecule has 1 aromatic heterocycles. The summed E-state index contributed by atoms with van der Waals surface area (Å²) in [6.07, 6.45) is 4.08. The number of hydrogen-bond donors (Lipinski definition) is 1. The van der Waals surface area contributed by atoms with Crippen molar-refractivity contribution in [1.29, 1.82) is 0 Å². The molecule has 0 spiro atoms. The van der Waals surface area contributed by atoms with E-state index in [1.54, 1.807) is 4.68 Å². The Kier molecular flexibility index (Phi) is 3.32. The monoisotopic (exact) mass is 243 g/mol. The van der Waals surface area contributed by atoms with E-state index in [1.165, 1.54) is 19.3 Å². The maximum Gasteiger partial charge on any atom is 0.170 e. The zero-order valence-electron chi connectivity index (χ0n) is 10.3. The zero-order valence-corrected chi connectivity index (χ0v) is 10.3. The van der Waals surface area contributed by atoms with Gasteiger partial charge in [0.2, 0.25) is 0 Å². The van der Waals surface area contributed by atoms with Crippen molar-refractivity contribution >= 4 is 0 Å². The first kappa shape index (κ1) is 11.3. The van der Waals surface area contributed by atoms with Gasteiger partial charge in [0.15, 0.2) is 5.82 Å². The van der Waals surface area contributed by atoms with Crippen LogP contribution in [0.3, 0.4) is 0 Å². The maximum absolute atomic E-state index is 4.06. The summed E-state index contributed by atoms with van der Waals surface area (Å²) in [7, 11) is 0. The van der Waals surface area contributed by atoms with E-state index < -0.39 is 0 Å². The lowest BCUT2D eigenvalue weighted by molar-refractivity contribution is 0.590. The second-order valence-electron chi connectivity index (χ2n) is 4.75. The quantitative estimate of drug-likeness (QED) is 0.782. The Morgan fingerprint density at radius 2 is 2.06 bits per heavy atom. The van der Waals surface area contributed by atoms with E-state index in [1.807, 2.05) is 30.3 Å². The molecule has 5 nitrogen and oxygen atoms in total. The van der Waals surface area contributed by atoms with E-state index in [0.29, 0.717) is 6.54 Å². The van der Waals surface area contributed by atoms with E-state index in [2.05, 4.69) is 20.8 Å². The van der Waals surface area contributed by atoms with Gasteiger partial charge in [-0.3, -0.25) is 0 Å². The molecule has 1 aliphatic carbocycles. The molecule has 1 N–H and O–H groups in total. The van der Waals surface area contributed by atoms with Crippen molar-refractivity contribution in [2.75, 3.05) is 6.54 Å². The molecule has 18 heavy (non-hydrogen) atoms. The molecule has 0 unspecified atom stereocenters. The topological polar surface area (TPSA) is 55.6 Å². The minimum Gasteiger partial charge on any atom is -0.310 e. The molecule has 1 heterocycles. The largest absolute Gasteiger partial charge is 0.310 e. The predicted octanol–water partition coefficient (Wildman–Crippen LogP) is 1.55. The maximum atomic E-state index is 4.06. The van der Waals surface area contributed by atoms with Gasteiger partial charge in [-0.15, -0.1) is 5.10 Å². The van der Waals surface area contributed by atoms with E-state index >= 15 is 0 Å². The highest BCUT2D eigenvalue weighted by molar-refractivity contribution is 5.30. The number of aromatic nitrogens is 4. The molecule has 0 bridgehead atoms. The second-order valence-corrected chi connectivity index (χ2v) is 4.75. The molecular formula is C13H17N5. The van der Waals surface area contributed by atoms with Crippen molar-refractivity contribution in [2.24, 2.45) is 5.92 Å². The minimum atomic E-state index is 0.717. The summed E-state index contributed by atoms with van der Waals surface area (Å²) in [5.41, 5.74) is 1.00. The van der Waals surface area contributed by atoms with Crippen molar-refractivity contribution < 1.29 is 0 Å². The lowest BCUT2D eigenvalue weighted by atomic mass is 10.3. The van der Waals surface area contributed by atoms with Crippen molar-refractivity contribution in [3.05, 3.63) is 36.2 Å². The van der Waals surface area contributed by atoms with Crippen molar-refractivity contribution in [3.63, 3.8) is 0 Å². The number of nitrogens with zero attached hydrogens (tertiary/aromatic N) is 4. The lowest BCUT2D eigenvalue weighted by Gasteiger charge is -2.05. The third-order valence-corrected chi connectivity index (χ3v) is 3.24. The smallest absolute Gasteiger partial charge is 0.170 e. The summed E-state index contributed by atoms with van der Waals surface area (Å²) in [5, 5.41) is 15.2. The van der Waals surface area contributed by atoms with Crippen LogP contribution in [-0.4, -0.2) is 26.8 Å². The van der Waals surface area contributed by atoms with Gasteiger partial charge in [0, 0.05) is 0 Å². The molecule has 1 aliphatic rings. The molecule has 0 amide bonds. The van der Waals surface area contributed by atoms with E-state index in [4.69, 9.17) is 0 Å². The molecule has 0 radical (unpaired) electrons. The third kappa shape index (κ3) is 2.73. The van der Waals surface area contributed by atoms with Gasteiger partial charge in [-0.25, -0.2) is 0 Å². The van der Waals surface area contributed by atoms with Gasteiger partial charge in [0.05, 0.1) is 12.2 Å². The molecule has 1 aromatic carbocycles. The van der Waals surface area contributed by atoms with Crippen LogP contribution in [0.1, 0.15) is 25.1 Å². The highest BCUT2D eigenvalue weighted by Crippen LogP contribution is 2.31. The van der Waals surface area contributed by atoms with Crippen LogP contribution < -0.4 is 5.32 Å². The Balaban J connectivity index is 1.60. The molecule has 0 aliphatic heterocycles. The molecule has 2 aromatic rings. The minimum absolute atomic E-state index is 0.717. The van der Waals surface area contributed by atoms with Crippen molar-refractivity contribution in [3.8, 4) is 5.69 Å². The molecule has 1 fully saturated rings. The Bertz CT molecular complexity index is 489. The number of tetrazole rings is 1. The number of hydrogen-bond acceptors (Lipinski definition) is 4. The van der Waals surface area contributed by atoms with Crippen LogP contribution in [0.15, 0.2) is 30.3 Å². The molecular weight excluding hydrogens is 226 g/mol. The van der Waals surface area contributed by atoms with Gasteiger partial charge in [-0.1, -0.05) is 31.0 Å². The number of nitrogens with one attached hydrogen (secondary N) is 1. The lowest BCUT2D eigenvalue weighted by Crippen LogP contribution is -2.18. The number of benzene rings is 1. The van der Waals surface area contributed by atoms with Crippen LogP contribution >= 0.6 is 0 Å². The molecule has 94 valence electrons. The first-order valence-electron chi connectivity index (χ1n) is 6.47. The van der Waals surface area contributed by atoms with Gasteiger partial charge in [-0.05, 0) is 41.4 Å². The van der Waals surface area contributed by atoms with Crippen molar-refractivity contribution in [1.82, 2.24) is 25.5 Å². The molecule has 0 atom stereocenters. The number of rotatable bonds is 6. The van der Waals surface area contributed by atoms with Crippen LogP contribution in [0.4, 0.5) is 0 Å².